The maximum absolute atomic E-state index is 12.9. The SMILES string of the molecule is CN(C)[C@H]1CCN(C(=O)c2ccc(Nc3nc4c(C5=CCN(C(=O)CCC(F)(F)F)CC5)cccn4n3)cc2)C1. The summed E-state index contributed by atoms with van der Waals surface area (Å²) in [5.74, 6) is -0.0845. The number of likely N-dealkylation sites (N-methyl/N-ethyl adjacent to an activating group) is 1. The number of alkyl halides is 3. The van der Waals surface area contributed by atoms with E-state index in [4.69, 9.17) is 0 Å². The number of carbonyl (C=O) groups excluding carboxylic acids is 2. The van der Waals surface area contributed by atoms with Crippen molar-refractivity contribution in [2.45, 2.75) is 37.9 Å². The summed E-state index contributed by atoms with van der Waals surface area (Å²) >= 11 is 0. The monoisotopic (exact) mass is 555 g/mol. The summed E-state index contributed by atoms with van der Waals surface area (Å²) in [5.41, 5.74) is 3.82. The van der Waals surface area contributed by atoms with E-state index in [0.717, 1.165) is 36.3 Å². The zero-order valence-electron chi connectivity index (χ0n) is 22.5. The van der Waals surface area contributed by atoms with E-state index in [2.05, 4.69) is 20.3 Å². The molecule has 5 rings (SSSR count). The quantitative estimate of drug-likeness (QED) is 0.470. The summed E-state index contributed by atoms with van der Waals surface area (Å²) in [6.07, 6.45) is -0.863. The van der Waals surface area contributed by atoms with Crippen LogP contribution in [0.5, 0.6) is 0 Å². The second-order valence-electron chi connectivity index (χ2n) is 10.4. The van der Waals surface area contributed by atoms with Crippen molar-refractivity contribution in [3.8, 4) is 0 Å². The van der Waals surface area contributed by atoms with Crippen molar-refractivity contribution in [3.05, 3.63) is 59.8 Å². The first-order valence-electron chi connectivity index (χ1n) is 13.3. The van der Waals surface area contributed by atoms with Crippen LogP contribution in [0.4, 0.5) is 24.8 Å². The number of nitrogens with one attached hydrogen (secondary N) is 1. The number of pyridine rings is 1. The van der Waals surface area contributed by atoms with E-state index in [1.807, 2.05) is 49.3 Å². The van der Waals surface area contributed by atoms with Gasteiger partial charge in [0.25, 0.3) is 5.91 Å². The number of benzene rings is 1. The minimum absolute atomic E-state index is 0.0211. The van der Waals surface area contributed by atoms with Crippen LogP contribution in [0, 0.1) is 0 Å². The molecule has 2 aliphatic rings. The van der Waals surface area contributed by atoms with Crippen molar-refractivity contribution >= 4 is 34.7 Å². The molecule has 12 heteroatoms. The number of rotatable bonds is 7. The van der Waals surface area contributed by atoms with Crippen LogP contribution in [0.15, 0.2) is 48.7 Å². The van der Waals surface area contributed by atoms with Crippen LogP contribution in [0.2, 0.25) is 0 Å². The van der Waals surface area contributed by atoms with Gasteiger partial charge in [0.15, 0.2) is 5.65 Å². The Bertz CT molecular complexity index is 1420. The molecular weight excluding hydrogens is 523 g/mol. The van der Waals surface area contributed by atoms with E-state index in [0.29, 0.717) is 36.2 Å². The first-order valence-corrected chi connectivity index (χ1v) is 13.3. The van der Waals surface area contributed by atoms with Gasteiger partial charge in [-0.15, -0.1) is 5.10 Å². The average molecular weight is 556 g/mol. The third-order valence-electron chi connectivity index (χ3n) is 7.46. The van der Waals surface area contributed by atoms with Crippen LogP contribution in [0.25, 0.3) is 11.2 Å². The highest BCUT2D eigenvalue weighted by molar-refractivity contribution is 5.94. The molecule has 0 aliphatic carbocycles. The lowest BCUT2D eigenvalue weighted by atomic mass is 10.00. The van der Waals surface area contributed by atoms with E-state index in [-0.39, 0.29) is 12.5 Å². The lowest BCUT2D eigenvalue weighted by Crippen LogP contribution is -2.35. The summed E-state index contributed by atoms with van der Waals surface area (Å²) < 4.78 is 39.1. The van der Waals surface area contributed by atoms with Crippen molar-refractivity contribution in [2.24, 2.45) is 0 Å². The van der Waals surface area contributed by atoms with E-state index in [9.17, 15) is 22.8 Å². The van der Waals surface area contributed by atoms with Gasteiger partial charge < -0.3 is 20.0 Å². The van der Waals surface area contributed by atoms with Crippen LogP contribution < -0.4 is 5.32 Å². The molecule has 0 unspecified atom stereocenters. The van der Waals surface area contributed by atoms with Gasteiger partial charge in [0.2, 0.25) is 11.9 Å². The zero-order chi connectivity index (χ0) is 28.4. The lowest BCUT2D eigenvalue weighted by Gasteiger charge is -2.27. The van der Waals surface area contributed by atoms with Crippen LogP contribution in [0.3, 0.4) is 0 Å². The normalized spacial score (nSPS) is 17.9. The molecule has 212 valence electrons. The molecule has 0 radical (unpaired) electrons. The fourth-order valence-corrected chi connectivity index (χ4v) is 5.11. The van der Waals surface area contributed by atoms with Crippen LogP contribution >= 0.6 is 0 Å². The minimum atomic E-state index is -4.34. The Morgan fingerprint density at radius 2 is 1.88 bits per heavy atom. The molecule has 40 heavy (non-hydrogen) atoms. The number of halogens is 3. The Balaban J connectivity index is 1.24. The third-order valence-corrected chi connectivity index (χ3v) is 7.46. The smallest absolute Gasteiger partial charge is 0.339 e. The number of carbonyl (C=O) groups is 2. The molecule has 1 N–H and O–H groups in total. The molecule has 1 atom stereocenters. The van der Waals surface area contributed by atoms with Gasteiger partial charge in [-0.25, -0.2) is 4.52 Å². The van der Waals surface area contributed by atoms with E-state index >= 15 is 0 Å². The summed E-state index contributed by atoms with van der Waals surface area (Å²) in [6.45, 7) is 2.08. The van der Waals surface area contributed by atoms with Crippen molar-refractivity contribution in [1.29, 1.82) is 0 Å². The van der Waals surface area contributed by atoms with E-state index in [1.54, 1.807) is 22.8 Å². The van der Waals surface area contributed by atoms with Gasteiger partial charge in [-0.05, 0) is 68.9 Å². The highest BCUT2D eigenvalue weighted by atomic mass is 19.4. The molecule has 0 saturated carbocycles. The first kappa shape index (κ1) is 27.6. The first-order chi connectivity index (χ1) is 19.1. The van der Waals surface area contributed by atoms with Crippen molar-refractivity contribution in [1.82, 2.24) is 29.3 Å². The molecule has 4 heterocycles. The van der Waals surface area contributed by atoms with Gasteiger partial charge in [-0.3, -0.25) is 9.59 Å². The topological polar surface area (TPSA) is 86.1 Å². The third kappa shape index (κ3) is 6.27. The Morgan fingerprint density at radius 1 is 1.10 bits per heavy atom. The summed E-state index contributed by atoms with van der Waals surface area (Å²) in [6, 6.07) is 11.4. The van der Waals surface area contributed by atoms with Gasteiger partial charge >= 0.3 is 6.18 Å². The minimum Gasteiger partial charge on any atom is -0.339 e. The molecule has 0 bridgehead atoms. The van der Waals surface area contributed by atoms with Crippen LogP contribution in [-0.2, 0) is 4.79 Å². The fraction of sp³-hybridized carbons (Fsp3) is 0.429. The second kappa shape index (κ2) is 11.3. The number of amides is 2. The number of hydrogen-bond donors (Lipinski definition) is 1. The Kier molecular flexibility index (Phi) is 7.79. The molecule has 9 nitrogen and oxygen atoms in total. The molecule has 0 spiro atoms. The van der Waals surface area contributed by atoms with Gasteiger partial charge in [0, 0.05) is 61.7 Å². The Morgan fingerprint density at radius 3 is 2.52 bits per heavy atom. The molecular formula is C28H32F3N7O2. The fourth-order valence-electron chi connectivity index (χ4n) is 5.11. The highest BCUT2D eigenvalue weighted by Gasteiger charge is 2.30. The molecule has 2 aliphatic heterocycles. The number of nitrogens with zero attached hydrogens (tertiary/aromatic N) is 6. The van der Waals surface area contributed by atoms with Crippen LogP contribution in [0.1, 0.15) is 41.6 Å². The molecule has 3 aromatic rings. The molecule has 1 aromatic carbocycles. The Labute approximate surface area is 230 Å². The zero-order valence-corrected chi connectivity index (χ0v) is 22.5. The molecule has 1 saturated heterocycles. The summed E-state index contributed by atoms with van der Waals surface area (Å²) in [7, 11) is 4.06. The number of hydrogen-bond acceptors (Lipinski definition) is 6. The molecule has 2 aromatic heterocycles. The van der Waals surface area contributed by atoms with Crippen molar-refractivity contribution in [3.63, 3.8) is 0 Å². The molecule has 2 amide bonds. The lowest BCUT2D eigenvalue weighted by molar-refractivity contribution is -0.148. The van der Waals surface area contributed by atoms with Gasteiger partial charge in [0.1, 0.15) is 0 Å². The summed E-state index contributed by atoms with van der Waals surface area (Å²) in [4.78, 5) is 35.2. The largest absolute Gasteiger partial charge is 0.389 e. The van der Waals surface area contributed by atoms with Crippen LogP contribution in [-0.4, -0.2) is 93.6 Å². The maximum Gasteiger partial charge on any atom is 0.389 e. The predicted octanol–water partition coefficient (Wildman–Crippen LogP) is 4.21. The van der Waals surface area contributed by atoms with Gasteiger partial charge in [-0.1, -0.05) is 6.08 Å². The number of anilines is 2. The van der Waals surface area contributed by atoms with Gasteiger partial charge in [0.05, 0.1) is 6.42 Å². The standard InChI is InChI=1S/C28H32F3N7O2/c1-35(2)22-12-17-37(18-22)26(40)20-5-7-21(8-6-20)32-27-33-25-23(4-3-14-38(25)34-27)19-10-15-36(16-11-19)24(39)9-13-28(29,30)31/h3-8,10,14,22H,9,11-13,15-18H2,1-2H3,(H,32,34)/t22-/m0/s1. The highest BCUT2D eigenvalue weighted by Crippen LogP contribution is 2.28. The Hall–Kier alpha value is -3.93. The van der Waals surface area contributed by atoms with Crippen molar-refractivity contribution < 1.29 is 22.8 Å². The van der Waals surface area contributed by atoms with E-state index in [1.165, 1.54) is 4.90 Å². The predicted molar refractivity (Wildman–Crippen MR) is 145 cm³/mol. The summed E-state index contributed by atoms with van der Waals surface area (Å²) in [5, 5.41) is 7.71. The molecule has 1 fully saturated rings. The van der Waals surface area contributed by atoms with Gasteiger partial charge in [-0.2, -0.15) is 18.2 Å². The number of aromatic nitrogens is 3. The number of fused-ring (bicyclic) bond motifs is 1. The second-order valence-corrected chi connectivity index (χ2v) is 10.4. The average Bonchev–Trinajstić information content (AvgIpc) is 3.59. The van der Waals surface area contributed by atoms with Crippen molar-refractivity contribution in [2.75, 3.05) is 45.6 Å². The number of likely N-dealkylation sites (tertiary alicyclic amines) is 1. The maximum atomic E-state index is 12.9. The van der Waals surface area contributed by atoms with E-state index < -0.39 is 24.9 Å².